The van der Waals surface area contributed by atoms with Gasteiger partial charge in [0.05, 0.1) is 11.6 Å². The second-order valence-electron chi connectivity index (χ2n) is 10.0. The molecule has 43 heavy (non-hydrogen) atoms. The van der Waals surface area contributed by atoms with Crippen molar-refractivity contribution >= 4 is 28.6 Å². The largest absolute Gasteiger partial charge is 0.489 e. The molecule has 1 aliphatic rings. The minimum atomic E-state index is -0.652. The summed E-state index contributed by atoms with van der Waals surface area (Å²) in [5, 5.41) is 27.0. The molecule has 4 N–H and O–H groups in total. The topological polar surface area (TPSA) is 216 Å². The normalized spacial score (nSPS) is 14.3. The van der Waals surface area contributed by atoms with Crippen LogP contribution in [0.4, 0.5) is 0 Å². The molecule has 0 saturated carbocycles. The lowest BCUT2D eigenvalue weighted by Crippen LogP contribution is -2.30. The zero-order chi connectivity index (χ0) is 29.8. The van der Waals surface area contributed by atoms with Crippen molar-refractivity contribution in [3.63, 3.8) is 0 Å². The molecule has 7 rings (SSSR count). The maximum Gasteiger partial charge on any atom is 0.439 e. The second-order valence-corrected chi connectivity index (χ2v) is 10.0. The van der Waals surface area contributed by atoms with Crippen molar-refractivity contribution < 1.29 is 23.6 Å². The summed E-state index contributed by atoms with van der Waals surface area (Å²) in [4.78, 5) is 56.4. The van der Waals surface area contributed by atoms with Gasteiger partial charge in [-0.2, -0.15) is 4.52 Å². The van der Waals surface area contributed by atoms with Gasteiger partial charge in [0.2, 0.25) is 5.65 Å². The molecule has 0 saturated heterocycles. The number of aromatic amines is 1. The molecule has 6 aromatic rings. The smallest absolute Gasteiger partial charge is 0.439 e. The van der Waals surface area contributed by atoms with Crippen molar-refractivity contribution in [2.45, 2.75) is 25.4 Å². The Bertz CT molecular complexity index is 2200. The summed E-state index contributed by atoms with van der Waals surface area (Å²) in [6.45, 7) is 0.0924. The van der Waals surface area contributed by atoms with Crippen LogP contribution >= 0.6 is 0 Å². The number of amides is 2. The second kappa shape index (κ2) is 9.79. The number of nitrogens with zero attached hydrogens (tertiary/aromatic N) is 6. The highest BCUT2D eigenvalue weighted by molar-refractivity contribution is 5.98. The van der Waals surface area contributed by atoms with E-state index in [1.807, 2.05) is 12.1 Å². The van der Waals surface area contributed by atoms with Crippen molar-refractivity contribution in [3.05, 3.63) is 91.6 Å². The number of oxazole rings is 1. The van der Waals surface area contributed by atoms with Crippen LogP contribution < -0.4 is 22.1 Å². The number of rotatable bonds is 6. The van der Waals surface area contributed by atoms with Crippen LogP contribution in [0.3, 0.4) is 0 Å². The highest BCUT2D eigenvalue weighted by Gasteiger charge is 2.28. The van der Waals surface area contributed by atoms with E-state index in [-0.39, 0.29) is 29.6 Å². The minimum absolute atomic E-state index is 0.0528. The Morgan fingerprint density at radius 1 is 1.14 bits per heavy atom. The van der Waals surface area contributed by atoms with E-state index >= 15 is 0 Å². The van der Waals surface area contributed by atoms with Crippen LogP contribution in [0.25, 0.3) is 28.1 Å². The lowest BCUT2D eigenvalue weighted by atomic mass is 10.0. The Morgan fingerprint density at radius 3 is 2.81 bits per heavy atom. The number of carbonyl (C=O) groups is 2. The SMILES string of the molecule is Cn1c(=O)oc2ccc(CNC(=O)c3cc(C(=O)N[C@H]4CCc5cc(-c6noc(=O)[nH]6)ccc54)n4nnc(O)c4n3)cc21. The van der Waals surface area contributed by atoms with Crippen molar-refractivity contribution in [3.8, 4) is 17.3 Å². The lowest BCUT2D eigenvalue weighted by molar-refractivity contribution is 0.0928. The number of aromatic nitrogens is 7. The number of benzene rings is 2. The number of carbonyl (C=O) groups excluding carboxylic acids is 2. The fourth-order valence-electron chi connectivity index (χ4n) is 5.20. The predicted octanol–water partition coefficient (Wildman–Crippen LogP) is 0.965. The van der Waals surface area contributed by atoms with E-state index < -0.39 is 29.2 Å². The van der Waals surface area contributed by atoms with E-state index in [1.165, 1.54) is 10.6 Å². The van der Waals surface area contributed by atoms with Gasteiger partial charge in [0.1, 0.15) is 11.4 Å². The molecule has 4 heterocycles. The molecule has 2 amide bonds. The number of hydrogen-bond donors (Lipinski definition) is 4. The number of hydrogen-bond acceptors (Lipinski definition) is 11. The number of fused-ring (bicyclic) bond motifs is 3. The molecule has 0 fully saturated rings. The van der Waals surface area contributed by atoms with Gasteiger partial charge in [-0.15, -0.1) is 0 Å². The van der Waals surface area contributed by atoms with Gasteiger partial charge in [-0.1, -0.05) is 33.7 Å². The third kappa shape index (κ3) is 4.50. The quantitative estimate of drug-likeness (QED) is 0.217. The molecule has 2 aromatic carbocycles. The van der Waals surface area contributed by atoms with Crippen LogP contribution in [0.2, 0.25) is 0 Å². The first-order chi connectivity index (χ1) is 20.7. The maximum absolute atomic E-state index is 13.5. The van der Waals surface area contributed by atoms with Gasteiger partial charge in [-0.3, -0.25) is 23.7 Å². The van der Waals surface area contributed by atoms with Gasteiger partial charge >= 0.3 is 11.5 Å². The first-order valence-electron chi connectivity index (χ1n) is 13.1. The van der Waals surface area contributed by atoms with E-state index in [0.29, 0.717) is 40.9 Å². The van der Waals surface area contributed by atoms with Crippen LogP contribution in [0.1, 0.15) is 50.1 Å². The summed E-state index contributed by atoms with van der Waals surface area (Å²) in [6.07, 6.45) is 1.27. The fraction of sp³-hybridized carbons (Fsp3) is 0.185. The molecule has 4 aromatic heterocycles. The van der Waals surface area contributed by atoms with Crippen LogP contribution in [-0.2, 0) is 20.0 Å². The molecule has 0 spiro atoms. The molecule has 16 nitrogen and oxygen atoms in total. The van der Waals surface area contributed by atoms with E-state index in [2.05, 4.69) is 40.6 Å². The Labute approximate surface area is 238 Å². The number of H-pyrrole nitrogens is 1. The first-order valence-corrected chi connectivity index (χ1v) is 13.1. The molecule has 0 radical (unpaired) electrons. The van der Waals surface area contributed by atoms with E-state index in [0.717, 1.165) is 15.6 Å². The van der Waals surface area contributed by atoms with Crippen molar-refractivity contribution in [2.75, 3.05) is 0 Å². The number of aromatic hydroxyl groups is 1. The van der Waals surface area contributed by atoms with Gasteiger partial charge < -0.3 is 20.2 Å². The van der Waals surface area contributed by atoms with Crippen LogP contribution in [0.5, 0.6) is 5.88 Å². The van der Waals surface area contributed by atoms with E-state index in [9.17, 15) is 24.3 Å². The van der Waals surface area contributed by atoms with E-state index in [1.54, 1.807) is 31.3 Å². The van der Waals surface area contributed by atoms with Crippen LogP contribution in [-0.4, -0.2) is 51.4 Å². The van der Waals surface area contributed by atoms with E-state index in [4.69, 9.17) is 4.42 Å². The average Bonchev–Trinajstić information content (AvgIpc) is 3.78. The highest BCUT2D eigenvalue weighted by atomic mass is 16.5. The van der Waals surface area contributed by atoms with Gasteiger partial charge in [0, 0.05) is 25.2 Å². The summed E-state index contributed by atoms with van der Waals surface area (Å²) in [5.41, 5.74) is 3.88. The summed E-state index contributed by atoms with van der Waals surface area (Å²) in [6, 6.07) is 11.5. The highest BCUT2D eigenvalue weighted by Crippen LogP contribution is 2.34. The van der Waals surface area contributed by atoms with Crippen molar-refractivity contribution in [2.24, 2.45) is 7.05 Å². The lowest BCUT2D eigenvalue weighted by Gasteiger charge is -2.15. The van der Waals surface area contributed by atoms with Gasteiger partial charge in [-0.05, 0) is 47.7 Å². The molecule has 0 bridgehead atoms. The molecule has 216 valence electrons. The van der Waals surface area contributed by atoms with Crippen molar-refractivity contribution in [1.29, 1.82) is 0 Å². The molecule has 0 unspecified atom stereocenters. The Morgan fingerprint density at radius 2 is 2.00 bits per heavy atom. The summed E-state index contributed by atoms with van der Waals surface area (Å²) < 4.78 is 12.1. The van der Waals surface area contributed by atoms with Crippen LogP contribution in [0.15, 0.2) is 61.0 Å². The zero-order valence-corrected chi connectivity index (χ0v) is 22.3. The molecular formula is C27H21N9O7. The van der Waals surface area contributed by atoms with Crippen LogP contribution in [0, 0.1) is 0 Å². The third-order valence-electron chi connectivity index (χ3n) is 7.37. The monoisotopic (exact) mass is 583 g/mol. The van der Waals surface area contributed by atoms with Crippen molar-refractivity contribution in [1.82, 2.24) is 45.2 Å². The molecule has 1 atom stereocenters. The number of aryl methyl sites for hydroxylation is 2. The summed E-state index contributed by atoms with van der Waals surface area (Å²) >= 11 is 0. The molecule has 1 aliphatic carbocycles. The average molecular weight is 584 g/mol. The number of nitrogens with one attached hydrogen (secondary N) is 3. The fourth-order valence-corrected chi connectivity index (χ4v) is 5.20. The Balaban J connectivity index is 1.12. The standard InChI is InChI=1S/C27H21N9O7/c1-35-18-8-12(2-7-20(18)42-27(35)41)11-28-23(37)17-10-19(36-22(29-17)25(39)32-34-36)24(38)30-16-6-4-13-9-14(3-5-15(13)16)21-31-26(40)43-33-21/h2-3,5,7-10,16,39H,4,6,11H2,1H3,(H,28,37)(H,30,38)(H,31,33,40)/t16-/m0/s1. The minimum Gasteiger partial charge on any atom is -0.489 e. The van der Waals surface area contributed by atoms with Gasteiger partial charge in [0.15, 0.2) is 11.4 Å². The third-order valence-corrected chi connectivity index (χ3v) is 7.37. The first kappa shape index (κ1) is 25.9. The summed E-state index contributed by atoms with van der Waals surface area (Å²) in [5.74, 6) is -2.55. The Hall–Kier alpha value is -6.06. The van der Waals surface area contributed by atoms with Gasteiger partial charge in [0.25, 0.3) is 17.7 Å². The zero-order valence-electron chi connectivity index (χ0n) is 22.3. The maximum atomic E-state index is 13.5. The molecule has 16 heteroatoms. The van der Waals surface area contributed by atoms with Gasteiger partial charge in [-0.25, -0.2) is 14.6 Å². The molecule has 0 aliphatic heterocycles. The molecular weight excluding hydrogens is 562 g/mol. The predicted molar refractivity (Wildman–Crippen MR) is 146 cm³/mol. The summed E-state index contributed by atoms with van der Waals surface area (Å²) in [7, 11) is 1.58. The Kier molecular flexibility index (Phi) is 5.89.